The lowest BCUT2D eigenvalue weighted by atomic mass is 10.0. The summed E-state index contributed by atoms with van der Waals surface area (Å²) in [5.74, 6) is -0.971. The molecule has 0 fully saturated rings. The van der Waals surface area contributed by atoms with Gasteiger partial charge in [0.05, 0.1) is 17.7 Å². The summed E-state index contributed by atoms with van der Waals surface area (Å²) in [6.07, 6.45) is 1.07. The number of hydrogen-bond acceptors (Lipinski definition) is 6. The number of nitrogen functional groups attached to an aromatic ring is 1. The Balaban J connectivity index is 1.63. The zero-order chi connectivity index (χ0) is 16.4. The first-order valence-corrected chi connectivity index (χ1v) is 7.86. The summed E-state index contributed by atoms with van der Waals surface area (Å²) in [6.45, 7) is 0. The minimum atomic E-state index is -0.511. The first kappa shape index (κ1) is 15.2. The molecule has 8 heteroatoms. The van der Waals surface area contributed by atoms with E-state index >= 15 is 0 Å². The summed E-state index contributed by atoms with van der Waals surface area (Å²) in [5.41, 5.74) is 12.3. The number of nitrogens with zero attached hydrogens (tertiary/aromatic N) is 1. The van der Waals surface area contributed by atoms with Crippen molar-refractivity contribution in [3.8, 4) is 0 Å². The minimum absolute atomic E-state index is 0.0137. The highest BCUT2D eigenvalue weighted by Gasteiger charge is 2.25. The van der Waals surface area contributed by atoms with Crippen LogP contribution >= 0.6 is 11.3 Å². The van der Waals surface area contributed by atoms with E-state index in [9.17, 15) is 14.4 Å². The lowest BCUT2D eigenvalue weighted by Gasteiger charge is -2.09. The second-order valence-corrected chi connectivity index (χ2v) is 6.01. The van der Waals surface area contributed by atoms with Gasteiger partial charge in [0.25, 0.3) is 5.91 Å². The molecule has 1 aromatic heterocycles. The van der Waals surface area contributed by atoms with E-state index in [1.807, 2.05) is 6.07 Å². The number of thiazole rings is 1. The zero-order valence-electron chi connectivity index (χ0n) is 12.1. The Morgan fingerprint density at radius 1 is 1.26 bits per heavy atom. The van der Waals surface area contributed by atoms with E-state index in [0.29, 0.717) is 29.2 Å². The van der Waals surface area contributed by atoms with Crippen LogP contribution in [-0.2, 0) is 17.6 Å². The van der Waals surface area contributed by atoms with Gasteiger partial charge in [-0.05, 0) is 18.1 Å². The van der Waals surface area contributed by atoms with E-state index in [1.165, 1.54) is 11.3 Å². The SMILES string of the molecule is Nc1nc(CC(=O)NNC(=O)c2cccc3c2C(=O)CC3)cs1. The Morgan fingerprint density at radius 3 is 2.83 bits per heavy atom. The molecule has 0 spiro atoms. The molecule has 1 aromatic carbocycles. The summed E-state index contributed by atoms with van der Waals surface area (Å²) in [4.78, 5) is 39.8. The van der Waals surface area contributed by atoms with E-state index < -0.39 is 11.8 Å². The number of amides is 2. The number of aromatic nitrogens is 1. The molecule has 0 radical (unpaired) electrons. The van der Waals surface area contributed by atoms with Crippen molar-refractivity contribution in [2.24, 2.45) is 0 Å². The molecule has 1 aliphatic carbocycles. The molecule has 4 N–H and O–H groups in total. The molecule has 0 saturated heterocycles. The summed E-state index contributed by atoms with van der Waals surface area (Å²) < 4.78 is 0. The molecule has 0 atom stereocenters. The predicted molar refractivity (Wildman–Crippen MR) is 84.9 cm³/mol. The molecule has 1 heterocycles. The quantitative estimate of drug-likeness (QED) is 0.722. The number of ketones is 1. The van der Waals surface area contributed by atoms with Gasteiger partial charge in [-0.2, -0.15) is 0 Å². The molecule has 0 unspecified atom stereocenters. The van der Waals surface area contributed by atoms with Crippen LogP contribution in [0, 0.1) is 0 Å². The van der Waals surface area contributed by atoms with Gasteiger partial charge in [0.2, 0.25) is 5.91 Å². The van der Waals surface area contributed by atoms with Gasteiger partial charge in [-0.15, -0.1) is 11.3 Å². The van der Waals surface area contributed by atoms with Gasteiger partial charge in [0.15, 0.2) is 10.9 Å². The van der Waals surface area contributed by atoms with Crippen LogP contribution in [0.4, 0.5) is 5.13 Å². The maximum Gasteiger partial charge on any atom is 0.270 e. The summed E-state index contributed by atoms with van der Waals surface area (Å²) in [6, 6.07) is 5.14. The van der Waals surface area contributed by atoms with E-state index in [-0.39, 0.29) is 17.8 Å². The second-order valence-electron chi connectivity index (χ2n) is 5.12. The van der Waals surface area contributed by atoms with Crippen molar-refractivity contribution in [1.82, 2.24) is 15.8 Å². The Hall–Kier alpha value is -2.74. The normalized spacial score (nSPS) is 12.8. The Labute approximate surface area is 135 Å². The highest BCUT2D eigenvalue weighted by molar-refractivity contribution is 7.13. The summed E-state index contributed by atoms with van der Waals surface area (Å²) >= 11 is 1.24. The number of hydrazine groups is 1. The van der Waals surface area contributed by atoms with Crippen molar-refractivity contribution in [2.75, 3.05) is 5.73 Å². The molecule has 0 aliphatic heterocycles. The molecular weight excluding hydrogens is 316 g/mol. The molecule has 118 valence electrons. The van der Waals surface area contributed by atoms with Gasteiger partial charge in [0, 0.05) is 17.4 Å². The van der Waals surface area contributed by atoms with E-state index in [0.717, 1.165) is 5.56 Å². The van der Waals surface area contributed by atoms with Gasteiger partial charge in [0.1, 0.15) is 0 Å². The van der Waals surface area contributed by atoms with Crippen molar-refractivity contribution in [2.45, 2.75) is 19.3 Å². The molecule has 2 amide bonds. The number of carbonyl (C=O) groups is 3. The van der Waals surface area contributed by atoms with Crippen LogP contribution in [0.5, 0.6) is 0 Å². The van der Waals surface area contributed by atoms with E-state index in [1.54, 1.807) is 17.5 Å². The number of aryl methyl sites for hydroxylation is 1. The fourth-order valence-electron chi connectivity index (χ4n) is 2.51. The van der Waals surface area contributed by atoms with Gasteiger partial charge in [-0.25, -0.2) is 4.98 Å². The fourth-order valence-corrected chi connectivity index (χ4v) is 3.07. The molecule has 7 nitrogen and oxygen atoms in total. The average Bonchev–Trinajstić information content (AvgIpc) is 3.11. The van der Waals surface area contributed by atoms with Crippen LogP contribution in [0.3, 0.4) is 0 Å². The number of nitrogens with two attached hydrogens (primary N) is 1. The molecule has 1 aliphatic rings. The number of carbonyl (C=O) groups excluding carboxylic acids is 3. The van der Waals surface area contributed by atoms with Crippen LogP contribution in [0.15, 0.2) is 23.6 Å². The van der Waals surface area contributed by atoms with Crippen molar-refractivity contribution >= 4 is 34.1 Å². The molecule has 23 heavy (non-hydrogen) atoms. The Bertz CT molecular complexity index is 800. The highest BCUT2D eigenvalue weighted by Crippen LogP contribution is 2.25. The average molecular weight is 330 g/mol. The lowest BCUT2D eigenvalue weighted by Crippen LogP contribution is -2.42. The van der Waals surface area contributed by atoms with Crippen LogP contribution < -0.4 is 16.6 Å². The largest absolute Gasteiger partial charge is 0.375 e. The van der Waals surface area contributed by atoms with Crippen molar-refractivity contribution in [1.29, 1.82) is 0 Å². The van der Waals surface area contributed by atoms with Gasteiger partial charge < -0.3 is 5.73 Å². The van der Waals surface area contributed by atoms with Gasteiger partial charge >= 0.3 is 0 Å². The first-order valence-electron chi connectivity index (χ1n) is 6.98. The highest BCUT2D eigenvalue weighted by atomic mass is 32.1. The summed E-state index contributed by atoms with van der Waals surface area (Å²) in [5, 5.41) is 2.06. The Kier molecular flexibility index (Phi) is 4.07. The molecule has 0 bridgehead atoms. The number of hydrogen-bond donors (Lipinski definition) is 3. The topological polar surface area (TPSA) is 114 Å². The third-order valence-electron chi connectivity index (χ3n) is 3.52. The lowest BCUT2D eigenvalue weighted by molar-refractivity contribution is -0.121. The summed E-state index contributed by atoms with van der Waals surface area (Å²) in [7, 11) is 0. The zero-order valence-corrected chi connectivity index (χ0v) is 12.9. The monoisotopic (exact) mass is 330 g/mol. The number of anilines is 1. The second kappa shape index (κ2) is 6.17. The van der Waals surface area contributed by atoms with Gasteiger partial charge in [-0.3, -0.25) is 25.2 Å². The molecule has 3 rings (SSSR count). The van der Waals surface area contributed by atoms with Crippen LogP contribution in [0.25, 0.3) is 0 Å². The van der Waals surface area contributed by atoms with Gasteiger partial charge in [-0.1, -0.05) is 12.1 Å². The number of Topliss-reactive ketones (excluding diaryl/α,β-unsaturated/α-hetero) is 1. The van der Waals surface area contributed by atoms with Crippen LogP contribution in [0.2, 0.25) is 0 Å². The van der Waals surface area contributed by atoms with Crippen LogP contribution in [-0.4, -0.2) is 22.6 Å². The minimum Gasteiger partial charge on any atom is -0.375 e. The van der Waals surface area contributed by atoms with Crippen molar-refractivity contribution in [3.05, 3.63) is 46.0 Å². The third kappa shape index (κ3) is 3.21. The van der Waals surface area contributed by atoms with E-state index in [2.05, 4.69) is 15.8 Å². The predicted octanol–water partition coefficient (Wildman–Crippen LogP) is 0.858. The molecule has 0 saturated carbocycles. The molecular formula is C15H14N4O3S. The number of rotatable bonds is 3. The maximum atomic E-state index is 12.2. The van der Waals surface area contributed by atoms with Crippen LogP contribution in [0.1, 0.15) is 38.4 Å². The fraction of sp³-hybridized carbons (Fsp3) is 0.200. The maximum absolute atomic E-state index is 12.2. The Morgan fingerprint density at radius 2 is 2.09 bits per heavy atom. The standard InChI is InChI=1S/C15H14N4O3S/c16-15-17-9(7-23-15)6-12(21)18-19-14(22)10-3-1-2-8-4-5-11(20)13(8)10/h1-3,7H,4-6H2,(H2,16,17)(H,18,21)(H,19,22). The number of nitrogens with one attached hydrogen (secondary N) is 2. The third-order valence-corrected chi connectivity index (χ3v) is 4.24. The van der Waals surface area contributed by atoms with Crippen molar-refractivity contribution < 1.29 is 14.4 Å². The van der Waals surface area contributed by atoms with E-state index in [4.69, 9.17) is 5.73 Å². The number of benzene rings is 1. The van der Waals surface area contributed by atoms with Crippen molar-refractivity contribution in [3.63, 3.8) is 0 Å². The molecule has 2 aromatic rings. The first-order chi connectivity index (χ1) is 11.0. The number of fused-ring (bicyclic) bond motifs is 1. The smallest absolute Gasteiger partial charge is 0.270 e.